The van der Waals surface area contributed by atoms with E-state index in [0.717, 1.165) is 26.8 Å². The maximum atomic E-state index is 13.5. The SMILES string of the molecule is C[NH+](CC(=O)N1CCOCC1)CC(=O)N1c2ccccc2SC[C@H]1c1ccccc1. The van der Waals surface area contributed by atoms with Gasteiger partial charge in [-0.25, -0.2) is 0 Å². The molecule has 1 fully saturated rings. The molecule has 4 rings (SSSR count). The molecule has 30 heavy (non-hydrogen) atoms. The standard InChI is InChI=1S/C23H27N3O3S/c1-24(15-22(27)25-11-13-29-14-12-25)16-23(28)26-19-9-5-6-10-21(19)30-17-20(26)18-7-3-2-4-8-18/h2-10,20H,11-17H2,1H3/p+1/t20-/m0/s1. The van der Waals surface area contributed by atoms with Crippen molar-refractivity contribution in [2.75, 3.05) is 57.1 Å². The number of morpholine rings is 1. The molecular weight excluding hydrogens is 398 g/mol. The first-order chi connectivity index (χ1) is 14.6. The van der Waals surface area contributed by atoms with Gasteiger partial charge in [-0.2, -0.15) is 0 Å². The number of nitrogens with zero attached hydrogens (tertiary/aromatic N) is 2. The van der Waals surface area contributed by atoms with Crippen molar-refractivity contribution in [3.05, 3.63) is 60.2 Å². The first-order valence-electron chi connectivity index (χ1n) is 10.4. The van der Waals surface area contributed by atoms with Crippen LogP contribution in [0, 0.1) is 0 Å². The third kappa shape index (κ3) is 4.69. The van der Waals surface area contributed by atoms with E-state index < -0.39 is 0 Å². The lowest BCUT2D eigenvalue weighted by molar-refractivity contribution is -0.862. The van der Waals surface area contributed by atoms with Crippen molar-refractivity contribution in [2.24, 2.45) is 0 Å². The molecule has 1 N–H and O–H groups in total. The van der Waals surface area contributed by atoms with E-state index in [1.807, 2.05) is 53.2 Å². The number of rotatable bonds is 5. The molecule has 1 saturated heterocycles. The van der Waals surface area contributed by atoms with Crippen molar-refractivity contribution in [3.8, 4) is 0 Å². The van der Waals surface area contributed by atoms with E-state index in [-0.39, 0.29) is 24.4 Å². The largest absolute Gasteiger partial charge is 0.378 e. The predicted molar refractivity (Wildman–Crippen MR) is 118 cm³/mol. The highest BCUT2D eigenvalue weighted by Gasteiger charge is 2.34. The van der Waals surface area contributed by atoms with Gasteiger partial charge < -0.3 is 14.5 Å². The molecule has 6 nitrogen and oxygen atoms in total. The molecule has 2 aliphatic heterocycles. The van der Waals surface area contributed by atoms with Crippen LogP contribution < -0.4 is 9.80 Å². The number of hydrogen-bond acceptors (Lipinski definition) is 4. The molecule has 0 aromatic heterocycles. The Morgan fingerprint density at radius 3 is 2.43 bits per heavy atom. The van der Waals surface area contributed by atoms with Gasteiger partial charge in [0.05, 0.1) is 32.0 Å². The summed E-state index contributed by atoms with van der Waals surface area (Å²) in [5.74, 6) is 0.945. The topological polar surface area (TPSA) is 54.3 Å². The average Bonchev–Trinajstić information content (AvgIpc) is 2.79. The van der Waals surface area contributed by atoms with Gasteiger partial charge in [0.2, 0.25) is 0 Å². The van der Waals surface area contributed by atoms with Crippen LogP contribution >= 0.6 is 11.8 Å². The summed E-state index contributed by atoms with van der Waals surface area (Å²) in [5, 5.41) is 0. The van der Waals surface area contributed by atoms with E-state index in [2.05, 4.69) is 18.2 Å². The number of benzene rings is 2. The van der Waals surface area contributed by atoms with Crippen molar-refractivity contribution in [3.63, 3.8) is 0 Å². The van der Waals surface area contributed by atoms with Gasteiger partial charge in [0.25, 0.3) is 11.8 Å². The number of likely N-dealkylation sites (N-methyl/N-ethyl adjacent to an activating group) is 1. The zero-order valence-electron chi connectivity index (χ0n) is 17.3. The number of anilines is 1. The average molecular weight is 427 g/mol. The van der Waals surface area contributed by atoms with Gasteiger partial charge in [-0.1, -0.05) is 42.5 Å². The van der Waals surface area contributed by atoms with Crippen LogP contribution in [0.25, 0.3) is 0 Å². The fraction of sp³-hybridized carbons (Fsp3) is 0.391. The quantitative estimate of drug-likeness (QED) is 0.782. The highest BCUT2D eigenvalue weighted by molar-refractivity contribution is 7.99. The smallest absolute Gasteiger partial charge is 0.282 e. The lowest BCUT2D eigenvalue weighted by Gasteiger charge is -2.37. The molecule has 2 amide bonds. The molecule has 0 aliphatic carbocycles. The van der Waals surface area contributed by atoms with Crippen LogP contribution in [0.4, 0.5) is 5.69 Å². The maximum absolute atomic E-state index is 13.5. The lowest BCUT2D eigenvalue weighted by atomic mass is 10.1. The van der Waals surface area contributed by atoms with Gasteiger partial charge >= 0.3 is 0 Å². The first-order valence-corrected chi connectivity index (χ1v) is 11.4. The van der Waals surface area contributed by atoms with Crippen LogP contribution in [0.3, 0.4) is 0 Å². The van der Waals surface area contributed by atoms with Gasteiger partial charge in [0.15, 0.2) is 13.1 Å². The summed E-state index contributed by atoms with van der Waals surface area (Å²) in [6.07, 6.45) is 0. The zero-order valence-corrected chi connectivity index (χ0v) is 18.1. The first kappa shape index (κ1) is 20.9. The van der Waals surface area contributed by atoms with Crippen LogP contribution in [-0.2, 0) is 14.3 Å². The van der Waals surface area contributed by atoms with Crippen LogP contribution in [0.5, 0.6) is 0 Å². The molecule has 0 saturated carbocycles. The number of nitrogens with one attached hydrogen (secondary N) is 1. The number of amides is 2. The zero-order chi connectivity index (χ0) is 20.9. The van der Waals surface area contributed by atoms with Crippen LogP contribution in [-0.4, -0.2) is 68.9 Å². The van der Waals surface area contributed by atoms with Crippen LogP contribution in [0.15, 0.2) is 59.5 Å². The fourth-order valence-corrected chi connectivity index (χ4v) is 5.17. The summed E-state index contributed by atoms with van der Waals surface area (Å²) in [7, 11) is 1.92. The Morgan fingerprint density at radius 2 is 1.67 bits per heavy atom. The summed E-state index contributed by atoms with van der Waals surface area (Å²) in [6.45, 7) is 3.03. The Kier molecular flexibility index (Phi) is 6.72. The Bertz CT molecular complexity index is 886. The summed E-state index contributed by atoms with van der Waals surface area (Å²) in [6, 6.07) is 18.2. The van der Waals surface area contributed by atoms with E-state index in [1.54, 1.807) is 11.8 Å². The van der Waals surface area contributed by atoms with Crippen molar-refractivity contribution in [1.29, 1.82) is 0 Å². The number of para-hydroxylation sites is 1. The second kappa shape index (κ2) is 9.64. The van der Waals surface area contributed by atoms with E-state index in [4.69, 9.17) is 4.74 Å². The van der Waals surface area contributed by atoms with Crippen molar-refractivity contribution in [1.82, 2.24) is 4.90 Å². The van der Waals surface area contributed by atoms with Crippen molar-refractivity contribution in [2.45, 2.75) is 10.9 Å². The minimum atomic E-state index is -0.0126. The second-order valence-electron chi connectivity index (χ2n) is 7.77. The Hall–Kier alpha value is -2.35. The Balaban J connectivity index is 1.50. The molecule has 2 heterocycles. The molecule has 2 aromatic carbocycles. The molecule has 0 radical (unpaired) electrons. The number of ether oxygens (including phenoxy) is 1. The molecule has 1 unspecified atom stereocenters. The number of fused-ring (bicyclic) bond motifs is 1. The molecule has 0 bridgehead atoms. The van der Waals surface area contributed by atoms with Gasteiger partial charge in [-0.3, -0.25) is 14.5 Å². The third-order valence-corrected chi connectivity index (χ3v) is 6.69. The van der Waals surface area contributed by atoms with Gasteiger partial charge in [0.1, 0.15) is 0 Å². The molecule has 2 aliphatic rings. The number of hydrogen-bond donors (Lipinski definition) is 1. The van der Waals surface area contributed by atoms with Crippen LogP contribution in [0.1, 0.15) is 11.6 Å². The fourth-order valence-electron chi connectivity index (χ4n) is 4.01. The van der Waals surface area contributed by atoms with E-state index >= 15 is 0 Å². The van der Waals surface area contributed by atoms with Crippen LogP contribution in [0.2, 0.25) is 0 Å². The monoisotopic (exact) mass is 426 g/mol. The van der Waals surface area contributed by atoms with Gasteiger partial charge in [-0.05, 0) is 17.7 Å². The molecule has 2 aromatic rings. The summed E-state index contributed by atoms with van der Waals surface area (Å²) in [5.41, 5.74) is 2.09. The summed E-state index contributed by atoms with van der Waals surface area (Å²) < 4.78 is 5.32. The van der Waals surface area contributed by atoms with E-state index in [9.17, 15) is 9.59 Å². The highest BCUT2D eigenvalue weighted by Crippen LogP contribution is 2.42. The minimum absolute atomic E-state index is 0.0126. The highest BCUT2D eigenvalue weighted by atomic mass is 32.2. The number of quaternary nitrogens is 1. The maximum Gasteiger partial charge on any atom is 0.282 e. The normalized spacial score (nSPS) is 19.8. The lowest BCUT2D eigenvalue weighted by Crippen LogP contribution is -3.11. The minimum Gasteiger partial charge on any atom is -0.378 e. The molecule has 158 valence electrons. The van der Waals surface area contributed by atoms with Crippen molar-refractivity contribution < 1.29 is 19.2 Å². The van der Waals surface area contributed by atoms with Gasteiger partial charge in [-0.15, -0.1) is 11.8 Å². The number of carbonyl (C=O) groups excluding carboxylic acids is 2. The van der Waals surface area contributed by atoms with E-state index in [0.29, 0.717) is 32.8 Å². The third-order valence-electron chi connectivity index (χ3n) is 5.56. The molecule has 2 atom stereocenters. The second-order valence-corrected chi connectivity index (χ2v) is 8.83. The number of thioether (sulfide) groups is 1. The summed E-state index contributed by atoms with van der Waals surface area (Å²) in [4.78, 5) is 31.8. The predicted octanol–water partition coefficient (Wildman–Crippen LogP) is 1.24. The van der Waals surface area contributed by atoms with Gasteiger partial charge in [0, 0.05) is 23.7 Å². The van der Waals surface area contributed by atoms with E-state index in [1.165, 1.54) is 0 Å². The Labute approximate surface area is 181 Å². The van der Waals surface area contributed by atoms with Crippen molar-refractivity contribution >= 4 is 29.3 Å². The molecular formula is C23H28N3O3S+. The molecule has 0 spiro atoms. The summed E-state index contributed by atoms with van der Waals surface area (Å²) >= 11 is 1.79. The Morgan fingerprint density at radius 1 is 1.00 bits per heavy atom. The number of carbonyl (C=O) groups is 2. The molecule has 7 heteroatoms.